The summed E-state index contributed by atoms with van der Waals surface area (Å²) in [6.07, 6.45) is 1.96. The van der Waals surface area contributed by atoms with E-state index in [1.165, 1.54) is 5.56 Å². The van der Waals surface area contributed by atoms with Crippen molar-refractivity contribution < 1.29 is 9.84 Å². The molecular formula is C12H17NO2. The van der Waals surface area contributed by atoms with Gasteiger partial charge in [-0.25, -0.2) is 0 Å². The van der Waals surface area contributed by atoms with Gasteiger partial charge in [0.05, 0.1) is 19.3 Å². The summed E-state index contributed by atoms with van der Waals surface area (Å²) in [5.41, 5.74) is 2.18. The van der Waals surface area contributed by atoms with Gasteiger partial charge in [0, 0.05) is 11.8 Å². The zero-order valence-electron chi connectivity index (χ0n) is 9.21. The Morgan fingerprint density at radius 3 is 3.00 bits per heavy atom. The number of ether oxygens (including phenoxy) is 1. The van der Waals surface area contributed by atoms with E-state index in [-0.39, 0.29) is 12.1 Å². The Morgan fingerprint density at radius 1 is 1.53 bits per heavy atom. The van der Waals surface area contributed by atoms with Crippen molar-refractivity contribution in [3.8, 4) is 5.75 Å². The lowest BCUT2D eigenvalue weighted by atomic mass is 9.88. The average molecular weight is 207 g/mol. The molecule has 2 rings (SSSR count). The number of benzene rings is 1. The molecular weight excluding hydrogens is 190 g/mol. The number of aryl methyl sites for hydroxylation is 1. The minimum Gasteiger partial charge on any atom is -0.497 e. The highest BCUT2D eigenvalue weighted by atomic mass is 16.5. The lowest BCUT2D eigenvalue weighted by Crippen LogP contribution is -2.42. The van der Waals surface area contributed by atoms with Crippen LogP contribution in [0.15, 0.2) is 18.2 Å². The van der Waals surface area contributed by atoms with Gasteiger partial charge < -0.3 is 15.2 Å². The van der Waals surface area contributed by atoms with E-state index < -0.39 is 0 Å². The number of anilines is 1. The van der Waals surface area contributed by atoms with Crippen molar-refractivity contribution >= 4 is 5.69 Å². The molecule has 3 nitrogen and oxygen atoms in total. The van der Waals surface area contributed by atoms with Gasteiger partial charge in [-0.1, -0.05) is 6.07 Å². The fraction of sp³-hybridized carbons (Fsp3) is 0.500. The number of aliphatic hydroxyl groups is 1. The smallest absolute Gasteiger partial charge is 0.120 e. The Kier molecular flexibility index (Phi) is 2.57. The number of methoxy groups -OCH3 is 1. The quantitative estimate of drug-likeness (QED) is 0.777. The fourth-order valence-electron chi connectivity index (χ4n) is 1.93. The van der Waals surface area contributed by atoms with Crippen molar-refractivity contribution in [1.29, 1.82) is 0 Å². The summed E-state index contributed by atoms with van der Waals surface area (Å²) < 4.78 is 5.18. The summed E-state index contributed by atoms with van der Waals surface area (Å²) in [4.78, 5) is 0. The van der Waals surface area contributed by atoms with Crippen molar-refractivity contribution in [2.45, 2.75) is 25.3 Å². The van der Waals surface area contributed by atoms with E-state index in [1.807, 2.05) is 19.1 Å². The van der Waals surface area contributed by atoms with Crippen LogP contribution in [0, 0.1) is 0 Å². The molecule has 0 saturated carbocycles. The third-order valence-electron chi connectivity index (χ3n) is 3.05. The molecule has 1 unspecified atom stereocenters. The molecule has 1 aliphatic rings. The van der Waals surface area contributed by atoms with Crippen molar-refractivity contribution in [2.75, 3.05) is 19.0 Å². The van der Waals surface area contributed by atoms with Crippen LogP contribution in [0.3, 0.4) is 0 Å². The summed E-state index contributed by atoms with van der Waals surface area (Å²) in [5, 5.41) is 12.7. The molecule has 1 aromatic rings. The van der Waals surface area contributed by atoms with E-state index >= 15 is 0 Å². The van der Waals surface area contributed by atoms with Crippen LogP contribution in [-0.2, 0) is 6.42 Å². The molecule has 1 aliphatic heterocycles. The molecule has 0 aliphatic carbocycles. The molecule has 0 amide bonds. The van der Waals surface area contributed by atoms with E-state index in [1.54, 1.807) is 7.11 Å². The first-order valence-corrected chi connectivity index (χ1v) is 5.23. The summed E-state index contributed by atoms with van der Waals surface area (Å²) >= 11 is 0. The van der Waals surface area contributed by atoms with Gasteiger partial charge in [-0.05, 0) is 31.4 Å². The summed E-state index contributed by atoms with van der Waals surface area (Å²) in [6, 6.07) is 6.04. The molecule has 0 aromatic heterocycles. The van der Waals surface area contributed by atoms with Crippen molar-refractivity contribution in [1.82, 2.24) is 0 Å². The maximum atomic E-state index is 9.31. The maximum Gasteiger partial charge on any atom is 0.120 e. The number of rotatable bonds is 2. The molecule has 3 heteroatoms. The van der Waals surface area contributed by atoms with E-state index in [0.717, 1.165) is 24.3 Å². The number of hydrogen-bond donors (Lipinski definition) is 2. The number of nitrogens with one attached hydrogen (secondary N) is 1. The summed E-state index contributed by atoms with van der Waals surface area (Å²) in [5.74, 6) is 0.850. The Hall–Kier alpha value is -1.22. The maximum absolute atomic E-state index is 9.31. The molecule has 0 saturated heterocycles. The van der Waals surface area contributed by atoms with Gasteiger partial charge in [-0.15, -0.1) is 0 Å². The van der Waals surface area contributed by atoms with Gasteiger partial charge in [0.25, 0.3) is 0 Å². The number of fused-ring (bicyclic) bond motifs is 1. The van der Waals surface area contributed by atoms with Gasteiger partial charge in [-0.2, -0.15) is 0 Å². The molecule has 1 aromatic carbocycles. The molecule has 15 heavy (non-hydrogen) atoms. The molecule has 0 spiro atoms. The van der Waals surface area contributed by atoms with Crippen LogP contribution in [-0.4, -0.2) is 24.4 Å². The van der Waals surface area contributed by atoms with Crippen LogP contribution in [0.5, 0.6) is 5.75 Å². The van der Waals surface area contributed by atoms with E-state index in [9.17, 15) is 5.11 Å². The van der Waals surface area contributed by atoms with Crippen LogP contribution in [0.1, 0.15) is 18.9 Å². The lowest BCUT2D eigenvalue weighted by Gasteiger charge is -2.35. The predicted molar refractivity (Wildman–Crippen MR) is 60.4 cm³/mol. The number of hydrogen-bond acceptors (Lipinski definition) is 3. The molecule has 0 fully saturated rings. The fourth-order valence-corrected chi connectivity index (χ4v) is 1.93. The average Bonchev–Trinajstić information content (AvgIpc) is 2.28. The lowest BCUT2D eigenvalue weighted by molar-refractivity contribution is 0.212. The van der Waals surface area contributed by atoms with Crippen LogP contribution < -0.4 is 10.1 Å². The van der Waals surface area contributed by atoms with Gasteiger partial charge in [0.1, 0.15) is 5.75 Å². The Bertz CT molecular complexity index is 365. The first-order chi connectivity index (χ1) is 7.17. The van der Waals surface area contributed by atoms with Crippen molar-refractivity contribution in [2.24, 2.45) is 0 Å². The second-order valence-electron chi connectivity index (χ2n) is 4.37. The van der Waals surface area contributed by atoms with Gasteiger partial charge in [-0.3, -0.25) is 0 Å². The highest BCUT2D eigenvalue weighted by Crippen LogP contribution is 2.32. The van der Waals surface area contributed by atoms with E-state index in [2.05, 4.69) is 11.4 Å². The zero-order valence-corrected chi connectivity index (χ0v) is 9.21. The Morgan fingerprint density at radius 2 is 2.33 bits per heavy atom. The third kappa shape index (κ3) is 1.92. The van der Waals surface area contributed by atoms with Crippen molar-refractivity contribution in [3.63, 3.8) is 0 Å². The summed E-state index contributed by atoms with van der Waals surface area (Å²) in [7, 11) is 1.66. The predicted octanol–water partition coefficient (Wildman–Crippen LogP) is 1.80. The highest BCUT2D eigenvalue weighted by molar-refractivity contribution is 5.58. The van der Waals surface area contributed by atoms with Gasteiger partial charge >= 0.3 is 0 Å². The van der Waals surface area contributed by atoms with Crippen LogP contribution in [0.25, 0.3) is 0 Å². The normalized spacial score (nSPS) is 24.2. The third-order valence-corrected chi connectivity index (χ3v) is 3.05. The van der Waals surface area contributed by atoms with Gasteiger partial charge in [0.2, 0.25) is 0 Å². The molecule has 0 bridgehead atoms. The standard InChI is InChI=1S/C12H17NO2/c1-12(8-14)6-5-9-3-4-10(15-2)7-11(9)13-12/h3-4,7,13-14H,5-6,8H2,1-2H3. The zero-order chi connectivity index (χ0) is 10.9. The second kappa shape index (κ2) is 3.74. The molecule has 1 atom stereocenters. The van der Waals surface area contributed by atoms with Crippen LogP contribution in [0.2, 0.25) is 0 Å². The second-order valence-corrected chi connectivity index (χ2v) is 4.37. The van der Waals surface area contributed by atoms with Crippen LogP contribution >= 0.6 is 0 Å². The number of aliphatic hydroxyl groups excluding tert-OH is 1. The molecule has 82 valence electrons. The largest absolute Gasteiger partial charge is 0.497 e. The minimum absolute atomic E-state index is 0.156. The molecule has 0 radical (unpaired) electrons. The molecule has 2 N–H and O–H groups in total. The highest BCUT2D eigenvalue weighted by Gasteiger charge is 2.28. The van der Waals surface area contributed by atoms with E-state index in [0.29, 0.717) is 0 Å². The monoisotopic (exact) mass is 207 g/mol. The van der Waals surface area contributed by atoms with E-state index in [4.69, 9.17) is 4.74 Å². The minimum atomic E-state index is -0.195. The van der Waals surface area contributed by atoms with Crippen LogP contribution in [0.4, 0.5) is 5.69 Å². The van der Waals surface area contributed by atoms with Gasteiger partial charge in [0.15, 0.2) is 0 Å². The van der Waals surface area contributed by atoms with Crippen molar-refractivity contribution in [3.05, 3.63) is 23.8 Å². The first-order valence-electron chi connectivity index (χ1n) is 5.23. The first kappa shape index (κ1) is 10.3. The SMILES string of the molecule is COc1ccc2c(c1)NC(C)(CO)CC2. The Labute approximate surface area is 90.1 Å². The summed E-state index contributed by atoms with van der Waals surface area (Å²) in [6.45, 7) is 2.19. The molecule has 1 heterocycles. The topological polar surface area (TPSA) is 41.5 Å². The Balaban J connectivity index is 2.31.